The average Bonchev–Trinajstić information content (AvgIpc) is 2.37. The quantitative estimate of drug-likeness (QED) is 0.567. The summed E-state index contributed by atoms with van der Waals surface area (Å²) < 4.78 is 22.9. The van der Waals surface area contributed by atoms with Crippen LogP contribution < -0.4 is 0 Å². The van der Waals surface area contributed by atoms with Crippen molar-refractivity contribution in [3.8, 4) is 6.07 Å². The van der Waals surface area contributed by atoms with Gasteiger partial charge in [-0.3, -0.25) is 4.84 Å². The maximum Gasteiger partial charge on any atom is 0.249 e. The SMILES string of the molecule is N#CCS(=O)(=O)N1CCCO1. The molecule has 0 amide bonds. The van der Waals surface area contributed by atoms with Crippen LogP contribution in [0.4, 0.5) is 0 Å². The molecule has 1 aliphatic rings. The second kappa shape index (κ2) is 3.17. The highest BCUT2D eigenvalue weighted by Crippen LogP contribution is 2.09. The Morgan fingerprint density at radius 1 is 1.64 bits per heavy atom. The van der Waals surface area contributed by atoms with Gasteiger partial charge in [0, 0.05) is 6.54 Å². The van der Waals surface area contributed by atoms with E-state index in [4.69, 9.17) is 10.1 Å². The van der Waals surface area contributed by atoms with Crippen LogP contribution in [0.5, 0.6) is 0 Å². The molecular formula is C5H8N2O3S. The van der Waals surface area contributed by atoms with E-state index < -0.39 is 15.8 Å². The van der Waals surface area contributed by atoms with Crippen molar-refractivity contribution in [2.45, 2.75) is 6.42 Å². The van der Waals surface area contributed by atoms with Crippen LogP contribution in [-0.2, 0) is 14.9 Å². The van der Waals surface area contributed by atoms with Crippen LogP contribution in [0.1, 0.15) is 6.42 Å². The number of nitrogens with zero attached hydrogens (tertiary/aromatic N) is 2. The molecule has 0 bridgehead atoms. The normalized spacial score (nSPS) is 19.9. The number of rotatable bonds is 2. The Morgan fingerprint density at radius 3 is 2.82 bits per heavy atom. The minimum Gasteiger partial charge on any atom is -0.284 e. The summed E-state index contributed by atoms with van der Waals surface area (Å²) in [5.41, 5.74) is 0. The molecule has 0 aromatic rings. The average molecular weight is 176 g/mol. The van der Waals surface area contributed by atoms with Crippen molar-refractivity contribution in [1.29, 1.82) is 5.26 Å². The minimum atomic E-state index is -3.46. The van der Waals surface area contributed by atoms with Crippen LogP contribution in [-0.4, -0.2) is 31.8 Å². The molecule has 0 spiro atoms. The molecule has 0 N–H and O–H groups in total. The van der Waals surface area contributed by atoms with Gasteiger partial charge in [-0.15, -0.1) is 0 Å². The Labute approximate surface area is 65.2 Å². The fourth-order valence-electron chi connectivity index (χ4n) is 0.798. The van der Waals surface area contributed by atoms with E-state index in [0.717, 1.165) is 4.47 Å². The number of nitriles is 1. The molecule has 1 heterocycles. The highest BCUT2D eigenvalue weighted by molar-refractivity contribution is 7.89. The summed E-state index contributed by atoms with van der Waals surface area (Å²) >= 11 is 0. The van der Waals surface area contributed by atoms with E-state index in [9.17, 15) is 8.42 Å². The lowest BCUT2D eigenvalue weighted by Gasteiger charge is -2.10. The first-order valence-corrected chi connectivity index (χ1v) is 4.78. The Balaban J connectivity index is 2.65. The van der Waals surface area contributed by atoms with Crippen molar-refractivity contribution >= 4 is 10.0 Å². The van der Waals surface area contributed by atoms with Gasteiger partial charge in [-0.1, -0.05) is 4.47 Å². The monoisotopic (exact) mass is 176 g/mol. The van der Waals surface area contributed by atoms with Gasteiger partial charge in [0.2, 0.25) is 10.0 Å². The van der Waals surface area contributed by atoms with Gasteiger partial charge >= 0.3 is 0 Å². The van der Waals surface area contributed by atoms with Gasteiger partial charge in [0.05, 0.1) is 12.7 Å². The van der Waals surface area contributed by atoms with E-state index >= 15 is 0 Å². The molecule has 0 aliphatic carbocycles. The van der Waals surface area contributed by atoms with Gasteiger partial charge in [0.1, 0.15) is 0 Å². The van der Waals surface area contributed by atoms with Gasteiger partial charge in [-0.2, -0.15) is 5.26 Å². The highest BCUT2D eigenvalue weighted by Gasteiger charge is 2.25. The summed E-state index contributed by atoms with van der Waals surface area (Å²) in [4.78, 5) is 4.76. The van der Waals surface area contributed by atoms with Crippen molar-refractivity contribution in [3.63, 3.8) is 0 Å². The summed E-state index contributed by atoms with van der Waals surface area (Å²) in [7, 11) is -3.46. The van der Waals surface area contributed by atoms with E-state index in [1.165, 1.54) is 0 Å². The Morgan fingerprint density at radius 2 is 2.36 bits per heavy atom. The summed E-state index contributed by atoms with van der Waals surface area (Å²) in [6.07, 6.45) is 0.699. The topological polar surface area (TPSA) is 70.4 Å². The highest BCUT2D eigenvalue weighted by atomic mass is 32.2. The molecule has 1 fully saturated rings. The maximum atomic E-state index is 11.0. The first-order chi connectivity index (χ1) is 5.17. The first-order valence-electron chi connectivity index (χ1n) is 3.17. The zero-order valence-electron chi connectivity index (χ0n) is 5.86. The number of sulfonamides is 1. The smallest absolute Gasteiger partial charge is 0.249 e. The molecule has 62 valence electrons. The van der Waals surface area contributed by atoms with Crippen LogP contribution in [0, 0.1) is 11.3 Å². The van der Waals surface area contributed by atoms with Crippen LogP contribution in [0.15, 0.2) is 0 Å². The van der Waals surface area contributed by atoms with Gasteiger partial charge in [-0.05, 0) is 6.42 Å². The first kappa shape index (κ1) is 8.46. The molecule has 0 saturated carbocycles. The van der Waals surface area contributed by atoms with Gasteiger partial charge < -0.3 is 0 Å². The van der Waals surface area contributed by atoms with Crippen LogP contribution in [0.2, 0.25) is 0 Å². The van der Waals surface area contributed by atoms with E-state index in [2.05, 4.69) is 0 Å². The number of hydroxylamine groups is 1. The van der Waals surface area contributed by atoms with Gasteiger partial charge in [0.15, 0.2) is 5.75 Å². The molecule has 0 aromatic carbocycles. The predicted octanol–water partition coefficient (Wildman–Crippen LogP) is -0.523. The molecule has 0 atom stereocenters. The molecule has 0 unspecified atom stereocenters. The largest absolute Gasteiger partial charge is 0.284 e. The minimum absolute atomic E-state index is 0.365. The van der Waals surface area contributed by atoms with Gasteiger partial charge in [-0.25, -0.2) is 8.42 Å². The zero-order chi connectivity index (χ0) is 8.32. The summed E-state index contributed by atoms with van der Waals surface area (Å²) in [5.74, 6) is -0.507. The van der Waals surface area contributed by atoms with Crippen LogP contribution in [0.25, 0.3) is 0 Å². The second-order valence-corrected chi connectivity index (χ2v) is 3.99. The van der Waals surface area contributed by atoms with E-state index in [0.29, 0.717) is 19.6 Å². The third-order valence-corrected chi connectivity index (χ3v) is 2.68. The predicted molar refractivity (Wildman–Crippen MR) is 36.7 cm³/mol. The summed E-state index contributed by atoms with van der Waals surface area (Å²) in [6, 6.07) is 1.58. The fourth-order valence-corrected chi connectivity index (χ4v) is 1.75. The number of hydrogen-bond donors (Lipinski definition) is 0. The lowest BCUT2D eigenvalue weighted by atomic mass is 10.5. The Bertz CT molecular complexity index is 260. The van der Waals surface area contributed by atoms with E-state index in [1.54, 1.807) is 6.07 Å². The molecule has 1 rings (SSSR count). The van der Waals surface area contributed by atoms with E-state index in [1.807, 2.05) is 0 Å². The Kier molecular flexibility index (Phi) is 2.44. The standard InChI is InChI=1S/C5H8N2O3S/c6-2-5-11(8,9)7-3-1-4-10-7/h1,3-5H2. The van der Waals surface area contributed by atoms with Crippen molar-refractivity contribution in [2.24, 2.45) is 0 Å². The lowest BCUT2D eigenvalue weighted by molar-refractivity contribution is -0.0280. The van der Waals surface area contributed by atoms with Crippen molar-refractivity contribution < 1.29 is 13.3 Å². The number of hydrogen-bond acceptors (Lipinski definition) is 4. The van der Waals surface area contributed by atoms with E-state index in [-0.39, 0.29) is 0 Å². The van der Waals surface area contributed by atoms with Crippen molar-refractivity contribution in [2.75, 3.05) is 18.9 Å². The second-order valence-electron chi connectivity index (χ2n) is 2.13. The lowest BCUT2D eigenvalue weighted by Crippen LogP contribution is -2.28. The third-order valence-electron chi connectivity index (χ3n) is 1.28. The van der Waals surface area contributed by atoms with Crippen molar-refractivity contribution in [3.05, 3.63) is 0 Å². The molecular weight excluding hydrogens is 168 g/mol. The summed E-state index contributed by atoms with van der Waals surface area (Å²) in [5, 5.41) is 8.15. The molecule has 11 heavy (non-hydrogen) atoms. The molecule has 1 saturated heterocycles. The molecule has 0 radical (unpaired) electrons. The zero-order valence-corrected chi connectivity index (χ0v) is 6.67. The van der Waals surface area contributed by atoms with Crippen LogP contribution >= 0.6 is 0 Å². The fraction of sp³-hybridized carbons (Fsp3) is 0.800. The van der Waals surface area contributed by atoms with Gasteiger partial charge in [0.25, 0.3) is 0 Å². The Hall–Kier alpha value is -0.640. The van der Waals surface area contributed by atoms with Crippen molar-refractivity contribution in [1.82, 2.24) is 4.47 Å². The summed E-state index contributed by atoms with van der Waals surface area (Å²) in [6.45, 7) is 0.786. The molecule has 1 aliphatic heterocycles. The molecule has 0 aromatic heterocycles. The maximum absolute atomic E-state index is 11.0. The van der Waals surface area contributed by atoms with Crippen LogP contribution in [0.3, 0.4) is 0 Å². The molecule has 5 nitrogen and oxygen atoms in total. The third kappa shape index (κ3) is 1.89. The molecule has 6 heteroatoms.